The molecule has 0 fully saturated rings. The smallest absolute Gasteiger partial charge is 0.0478 e. The molecule has 3 nitrogen and oxygen atoms in total. The molecule has 0 heterocycles. The van der Waals surface area contributed by atoms with Gasteiger partial charge in [-0.1, -0.05) is 20.8 Å². The Balaban J connectivity index is 4.21. The first-order valence-corrected chi connectivity index (χ1v) is 6.73. The van der Waals surface area contributed by atoms with E-state index in [1.165, 1.54) is 0 Å². The van der Waals surface area contributed by atoms with Gasteiger partial charge >= 0.3 is 0 Å². The predicted octanol–water partition coefficient (Wildman–Crippen LogP) is 2.25. The summed E-state index contributed by atoms with van der Waals surface area (Å²) in [6.07, 6.45) is 3.36. The Morgan fingerprint density at radius 3 is 2.12 bits per heavy atom. The summed E-state index contributed by atoms with van der Waals surface area (Å²) in [7, 11) is 0. The molecule has 0 aliphatic carbocycles. The first kappa shape index (κ1) is 15.9. The number of hydrogen-bond donors (Lipinski definition) is 1. The van der Waals surface area contributed by atoms with Gasteiger partial charge in [0.2, 0.25) is 0 Å². The topological polar surface area (TPSA) is 38.5 Å². The number of nitrogens with zero attached hydrogens (tertiary/aromatic N) is 1. The molecule has 0 saturated carbocycles. The highest BCUT2D eigenvalue weighted by molar-refractivity contribution is 4.88. The number of rotatable bonds is 10. The zero-order chi connectivity index (χ0) is 12.4. The van der Waals surface area contributed by atoms with Crippen molar-refractivity contribution in [2.45, 2.75) is 52.5 Å². The quantitative estimate of drug-likeness (QED) is 0.585. The molecule has 0 saturated heterocycles. The molecule has 2 N–H and O–H groups in total. The second-order valence-corrected chi connectivity index (χ2v) is 4.27. The van der Waals surface area contributed by atoms with Gasteiger partial charge in [-0.2, -0.15) is 0 Å². The van der Waals surface area contributed by atoms with Gasteiger partial charge in [0.05, 0.1) is 0 Å². The molecule has 0 radical (unpaired) electrons. The van der Waals surface area contributed by atoms with Crippen molar-refractivity contribution in [2.75, 3.05) is 32.8 Å². The first-order valence-electron chi connectivity index (χ1n) is 6.73. The van der Waals surface area contributed by atoms with E-state index in [0.717, 1.165) is 52.1 Å². The molecular formula is C13H30N2O. The first-order chi connectivity index (χ1) is 7.70. The van der Waals surface area contributed by atoms with Gasteiger partial charge in [0, 0.05) is 31.8 Å². The van der Waals surface area contributed by atoms with E-state index in [1.54, 1.807) is 0 Å². The van der Waals surface area contributed by atoms with Gasteiger partial charge in [-0.15, -0.1) is 0 Å². The highest BCUT2D eigenvalue weighted by atomic mass is 16.5. The summed E-state index contributed by atoms with van der Waals surface area (Å²) >= 11 is 0. The van der Waals surface area contributed by atoms with E-state index in [9.17, 15) is 0 Å². The van der Waals surface area contributed by atoms with Crippen molar-refractivity contribution in [2.24, 2.45) is 5.73 Å². The Morgan fingerprint density at radius 2 is 1.75 bits per heavy atom. The Hall–Kier alpha value is -0.120. The van der Waals surface area contributed by atoms with Crippen LogP contribution in [0.15, 0.2) is 0 Å². The lowest BCUT2D eigenvalue weighted by Gasteiger charge is -2.42. The molecular weight excluding hydrogens is 200 g/mol. The summed E-state index contributed by atoms with van der Waals surface area (Å²) in [6.45, 7) is 13.3. The molecule has 0 aromatic carbocycles. The van der Waals surface area contributed by atoms with Crippen LogP contribution in [0, 0.1) is 0 Å². The summed E-state index contributed by atoms with van der Waals surface area (Å²) in [5.41, 5.74) is 6.16. The molecule has 0 unspecified atom stereocenters. The molecule has 98 valence electrons. The van der Waals surface area contributed by atoms with E-state index in [0.29, 0.717) is 0 Å². The summed E-state index contributed by atoms with van der Waals surface area (Å²) in [4.78, 5) is 2.52. The van der Waals surface area contributed by atoms with E-state index < -0.39 is 0 Å². The van der Waals surface area contributed by atoms with Crippen LogP contribution in [0.2, 0.25) is 0 Å². The second kappa shape index (κ2) is 8.97. The normalized spacial score (nSPS) is 12.4. The van der Waals surface area contributed by atoms with Crippen molar-refractivity contribution in [3.05, 3.63) is 0 Å². The third-order valence-corrected chi connectivity index (χ3v) is 3.67. The van der Waals surface area contributed by atoms with E-state index in [2.05, 4.69) is 25.7 Å². The number of ether oxygens (including phenoxy) is 1. The fourth-order valence-corrected chi connectivity index (χ4v) is 2.35. The van der Waals surface area contributed by atoms with Crippen LogP contribution in [0.3, 0.4) is 0 Å². The Bertz CT molecular complexity index is 150. The van der Waals surface area contributed by atoms with E-state index in [4.69, 9.17) is 10.5 Å². The number of hydrogen-bond acceptors (Lipinski definition) is 3. The van der Waals surface area contributed by atoms with Crippen LogP contribution in [0.5, 0.6) is 0 Å². The molecule has 3 heteroatoms. The van der Waals surface area contributed by atoms with Gasteiger partial charge in [0.15, 0.2) is 0 Å². The van der Waals surface area contributed by atoms with Crippen molar-refractivity contribution >= 4 is 0 Å². The maximum absolute atomic E-state index is 5.96. The molecule has 0 amide bonds. The van der Waals surface area contributed by atoms with E-state index >= 15 is 0 Å². The maximum Gasteiger partial charge on any atom is 0.0478 e. The number of likely N-dealkylation sites (N-methyl/N-ethyl adjacent to an activating group) is 1. The van der Waals surface area contributed by atoms with Gasteiger partial charge in [-0.05, 0) is 32.7 Å². The van der Waals surface area contributed by atoms with E-state index in [1.807, 2.05) is 6.92 Å². The van der Waals surface area contributed by atoms with Gasteiger partial charge in [-0.25, -0.2) is 0 Å². The lowest BCUT2D eigenvalue weighted by molar-refractivity contribution is 0.0711. The van der Waals surface area contributed by atoms with Crippen LogP contribution >= 0.6 is 0 Å². The Labute approximate surface area is 101 Å². The summed E-state index contributed by atoms with van der Waals surface area (Å²) < 4.78 is 5.38. The van der Waals surface area contributed by atoms with Gasteiger partial charge in [-0.3, -0.25) is 4.90 Å². The third-order valence-electron chi connectivity index (χ3n) is 3.67. The van der Waals surface area contributed by atoms with Gasteiger partial charge in [0.25, 0.3) is 0 Å². The molecule has 0 aliphatic heterocycles. The van der Waals surface area contributed by atoms with Crippen molar-refractivity contribution < 1.29 is 4.74 Å². The lowest BCUT2D eigenvalue weighted by atomic mass is 9.90. The Kier molecular flexibility index (Phi) is 8.90. The molecule has 0 aromatic rings. The van der Waals surface area contributed by atoms with Crippen LogP contribution in [0.4, 0.5) is 0 Å². The fourth-order valence-electron chi connectivity index (χ4n) is 2.35. The summed E-state index contributed by atoms with van der Waals surface area (Å²) in [5, 5.41) is 0. The van der Waals surface area contributed by atoms with Crippen molar-refractivity contribution in [3.63, 3.8) is 0 Å². The zero-order valence-corrected chi connectivity index (χ0v) is 11.6. The minimum Gasteiger partial charge on any atom is -0.382 e. The molecule has 0 atom stereocenters. The van der Waals surface area contributed by atoms with Crippen LogP contribution in [0.25, 0.3) is 0 Å². The summed E-state index contributed by atoms with van der Waals surface area (Å²) in [6, 6.07) is 0. The van der Waals surface area contributed by atoms with Crippen molar-refractivity contribution in [1.29, 1.82) is 0 Å². The Morgan fingerprint density at radius 1 is 1.12 bits per heavy atom. The molecule has 0 spiro atoms. The minimum atomic E-state index is 0.195. The highest BCUT2D eigenvalue weighted by Crippen LogP contribution is 2.22. The lowest BCUT2D eigenvalue weighted by Crippen LogP contribution is -2.53. The highest BCUT2D eigenvalue weighted by Gasteiger charge is 2.30. The molecule has 16 heavy (non-hydrogen) atoms. The zero-order valence-electron chi connectivity index (χ0n) is 11.6. The van der Waals surface area contributed by atoms with Crippen LogP contribution in [-0.4, -0.2) is 43.3 Å². The SMILES string of the molecule is CCOCCCN(CC)C(CC)(CC)CN. The average molecular weight is 230 g/mol. The molecule has 0 rings (SSSR count). The second-order valence-electron chi connectivity index (χ2n) is 4.27. The van der Waals surface area contributed by atoms with Crippen LogP contribution < -0.4 is 5.73 Å². The largest absolute Gasteiger partial charge is 0.382 e. The van der Waals surface area contributed by atoms with Gasteiger partial charge in [0.1, 0.15) is 0 Å². The summed E-state index contributed by atoms with van der Waals surface area (Å²) in [5.74, 6) is 0. The van der Waals surface area contributed by atoms with Crippen molar-refractivity contribution in [3.8, 4) is 0 Å². The third kappa shape index (κ3) is 4.40. The predicted molar refractivity (Wildman–Crippen MR) is 70.7 cm³/mol. The minimum absolute atomic E-state index is 0.195. The van der Waals surface area contributed by atoms with Crippen molar-refractivity contribution in [1.82, 2.24) is 4.90 Å². The molecule has 0 bridgehead atoms. The average Bonchev–Trinajstić information content (AvgIpc) is 2.34. The molecule has 0 aromatic heterocycles. The molecule has 0 aliphatic rings. The fraction of sp³-hybridized carbons (Fsp3) is 1.00. The van der Waals surface area contributed by atoms with E-state index in [-0.39, 0.29) is 5.54 Å². The van der Waals surface area contributed by atoms with Crippen LogP contribution in [-0.2, 0) is 4.74 Å². The van der Waals surface area contributed by atoms with Gasteiger partial charge < -0.3 is 10.5 Å². The standard InChI is InChI=1S/C13H30N2O/c1-5-13(6-2,12-14)15(7-3)10-9-11-16-8-4/h5-12,14H2,1-4H3. The maximum atomic E-state index is 5.96. The van der Waals surface area contributed by atoms with Crippen LogP contribution in [0.1, 0.15) is 47.0 Å². The number of nitrogens with two attached hydrogens (primary N) is 1. The monoisotopic (exact) mass is 230 g/mol.